The van der Waals surface area contributed by atoms with Crippen LogP contribution in [0.1, 0.15) is 6.42 Å². The van der Waals surface area contributed by atoms with E-state index in [1.165, 1.54) is 12.3 Å². The summed E-state index contributed by atoms with van der Waals surface area (Å²) in [7, 11) is 0. The molecule has 1 atom stereocenters. The average Bonchev–Trinajstić information content (AvgIpc) is 2.31. The maximum absolute atomic E-state index is 11.1. The zero-order valence-corrected chi connectivity index (χ0v) is 10.5. The van der Waals surface area contributed by atoms with E-state index in [0.717, 1.165) is 0 Å². The SMILES string of the molecule is O=c1cc(OCC2(Cl)C=CC(Cl)=CC2)cc[nH]1. The van der Waals surface area contributed by atoms with E-state index in [-0.39, 0.29) is 12.2 Å². The van der Waals surface area contributed by atoms with E-state index in [4.69, 9.17) is 27.9 Å². The third kappa shape index (κ3) is 3.38. The number of halogens is 2. The molecule has 1 heterocycles. The van der Waals surface area contributed by atoms with E-state index in [1.807, 2.05) is 12.2 Å². The van der Waals surface area contributed by atoms with Crippen molar-refractivity contribution in [3.63, 3.8) is 0 Å². The molecule has 3 nitrogen and oxygen atoms in total. The van der Waals surface area contributed by atoms with Crippen molar-refractivity contribution in [2.24, 2.45) is 0 Å². The van der Waals surface area contributed by atoms with Gasteiger partial charge in [0.25, 0.3) is 5.56 Å². The minimum Gasteiger partial charge on any atom is -0.491 e. The molecule has 5 heteroatoms. The third-order valence-corrected chi connectivity index (χ3v) is 3.07. The van der Waals surface area contributed by atoms with Crippen LogP contribution in [0.5, 0.6) is 5.75 Å². The quantitative estimate of drug-likeness (QED) is 0.860. The molecule has 1 aliphatic carbocycles. The predicted molar refractivity (Wildman–Crippen MR) is 68.8 cm³/mol. The second-order valence-corrected chi connectivity index (χ2v) is 5.03. The largest absolute Gasteiger partial charge is 0.491 e. The highest BCUT2D eigenvalue weighted by Crippen LogP contribution is 2.29. The number of rotatable bonds is 3. The van der Waals surface area contributed by atoms with Crippen LogP contribution in [-0.2, 0) is 0 Å². The molecule has 2 rings (SSSR count). The predicted octanol–water partition coefficient (Wildman–Crippen LogP) is 2.81. The van der Waals surface area contributed by atoms with E-state index in [1.54, 1.807) is 12.1 Å². The number of hydrogen-bond acceptors (Lipinski definition) is 2. The number of hydrogen-bond donors (Lipinski definition) is 1. The Bertz CT molecular complexity index is 521. The summed E-state index contributed by atoms with van der Waals surface area (Å²) >= 11 is 12.1. The monoisotopic (exact) mass is 271 g/mol. The molecule has 1 aromatic heterocycles. The van der Waals surface area contributed by atoms with Crippen LogP contribution in [0.4, 0.5) is 0 Å². The molecule has 0 fully saturated rings. The molecular formula is C12H11Cl2NO2. The molecule has 0 aliphatic heterocycles. The summed E-state index contributed by atoms with van der Waals surface area (Å²) in [6.45, 7) is 0.287. The Hall–Kier alpha value is -1.19. The molecule has 0 saturated heterocycles. The van der Waals surface area contributed by atoms with Crippen LogP contribution in [0, 0.1) is 0 Å². The standard InChI is InChI=1S/C12H11Cl2NO2/c13-9-1-4-12(14,5-2-9)8-17-10-3-6-15-11(16)7-10/h1-4,6-7H,5,8H2,(H,15,16). The van der Waals surface area contributed by atoms with Crippen LogP contribution in [0.25, 0.3) is 0 Å². The number of alkyl halides is 1. The molecule has 0 aromatic carbocycles. The summed E-state index contributed by atoms with van der Waals surface area (Å²) in [5.41, 5.74) is -0.201. The van der Waals surface area contributed by atoms with Crippen LogP contribution in [0.3, 0.4) is 0 Å². The van der Waals surface area contributed by atoms with E-state index in [2.05, 4.69) is 4.98 Å². The van der Waals surface area contributed by atoms with E-state index in [9.17, 15) is 4.79 Å². The van der Waals surface area contributed by atoms with Crippen molar-refractivity contribution in [2.75, 3.05) is 6.61 Å². The van der Waals surface area contributed by atoms with Crippen molar-refractivity contribution < 1.29 is 4.74 Å². The lowest BCUT2D eigenvalue weighted by molar-refractivity contribution is 0.288. The van der Waals surface area contributed by atoms with Gasteiger partial charge in [0.2, 0.25) is 0 Å². The summed E-state index contributed by atoms with van der Waals surface area (Å²) in [5, 5.41) is 0.678. The topological polar surface area (TPSA) is 42.1 Å². The molecule has 90 valence electrons. The second-order valence-electron chi connectivity index (χ2n) is 3.84. The van der Waals surface area contributed by atoms with Crippen molar-refractivity contribution >= 4 is 23.2 Å². The zero-order valence-electron chi connectivity index (χ0n) is 8.95. The number of H-pyrrole nitrogens is 1. The van der Waals surface area contributed by atoms with Crippen LogP contribution >= 0.6 is 23.2 Å². The van der Waals surface area contributed by atoms with Gasteiger partial charge in [-0.2, -0.15) is 0 Å². The first kappa shape index (κ1) is 12.3. The lowest BCUT2D eigenvalue weighted by atomic mass is 10.0. The third-order valence-electron chi connectivity index (χ3n) is 2.40. The van der Waals surface area contributed by atoms with Gasteiger partial charge in [-0.1, -0.05) is 23.8 Å². The highest BCUT2D eigenvalue weighted by molar-refractivity contribution is 6.32. The van der Waals surface area contributed by atoms with Crippen LogP contribution in [-0.4, -0.2) is 16.5 Å². The molecule has 0 radical (unpaired) electrons. The van der Waals surface area contributed by atoms with Crippen molar-refractivity contribution in [3.05, 3.63) is 51.9 Å². The van der Waals surface area contributed by atoms with Gasteiger partial charge in [-0.25, -0.2) is 0 Å². The minimum absolute atomic E-state index is 0.201. The van der Waals surface area contributed by atoms with Crippen LogP contribution in [0.2, 0.25) is 0 Å². The highest BCUT2D eigenvalue weighted by atomic mass is 35.5. The smallest absolute Gasteiger partial charge is 0.251 e. The number of ether oxygens (including phenoxy) is 1. The van der Waals surface area contributed by atoms with Crippen molar-refractivity contribution in [1.29, 1.82) is 0 Å². The Kier molecular flexibility index (Phi) is 3.60. The summed E-state index contributed by atoms with van der Waals surface area (Å²) in [6, 6.07) is 3.06. The second kappa shape index (κ2) is 4.98. The number of pyridine rings is 1. The molecule has 0 saturated carbocycles. The first-order valence-corrected chi connectivity index (χ1v) is 5.88. The first-order chi connectivity index (χ1) is 8.07. The van der Waals surface area contributed by atoms with Crippen LogP contribution < -0.4 is 10.3 Å². The Morgan fingerprint density at radius 2 is 2.35 bits per heavy atom. The molecule has 0 spiro atoms. The van der Waals surface area contributed by atoms with Crippen LogP contribution in [0.15, 0.2) is 46.4 Å². The molecule has 1 aliphatic rings. The van der Waals surface area contributed by atoms with Gasteiger partial charge >= 0.3 is 0 Å². The molecule has 1 aromatic rings. The van der Waals surface area contributed by atoms with E-state index >= 15 is 0 Å². The fourth-order valence-electron chi connectivity index (χ4n) is 1.46. The normalized spacial score (nSPS) is 23.3. The zero-order chi connectivity index (χ0) is 12.3. The number of nitrogens with one attached hydrogen (secondary N) is 1. The fourth-order valence-corrected chi connectivity index (χ4v) is 1.79. The first-order valence-electron chi connectivity index (χ1n) is 5.13. The molecule has 1 N–H and O–H groups in total. The van der Waals surface area contributed by atoms with Gasteiger partial charge < -0.3 is 9.72 Å². The van der Waals surface area contributed by atoms with Gasteiger partial charge in [-0.15, -0.1) is 11.6 Å². The summed E-state index contributed by atoms with van der Waals surface area (Å²) < 4.78 is 5.49. The van der Waals surface area contributed by atoms with Gasteiger partial charge in [0.15, 0.2) is 0 Å². The lowest BCUT2D eigenvalue weighted by Crippen LogP contribution is -2.28. The summed E-state index contributed by atoms with van der Waals surface area (Å²) in [6.07, 6.45) is 7.54. The Morgan fingerprint density at radius 3 is 3.00 bits per heavy atom. The molecule has 1 unspecified atom stereocenters. The number of aromatic nitrogens is 1. The Balaban J connectivity index is 1.99. The lowest BCUT2D eigenvalue weighted by Gasteiger charge is -2.24. The van der Waals surface area contributed by atoms with Gasteiger partial charge in [-0.05, 0) is 18.6 Å². The summed E-state index contributed by atoms with van der Waals surface area (Å²) in [4.78, 5) is 13.0. The van der Waals surface area contributed by atoms with Gasteiger partial charge in [-0.3, -0.25) is 4.79 Å². The number of allylic oxidation sites excluding steroid dienone is 3. The molecule has 0 amide bonds. The van der Waals surface area contributed by atoms with Crippen molar-refractivity contribution in [2.45, 2.75) is 11.3 Å². The van der Waals surface area contributed by atoms with Gasteiger partial charge in [0.1, 0.15) is 17.2 Å². The molecule has 17 heavy (non-hydrogen) atoms. The van der Waals surface area contributed by atoms with Crippen molar-refractivity contribution in [1.82, 2.24) is 4.98 Å². The van der Waals surface area contributed by atoms with Gasteiger partial charge in [0, 0.05) is 17.3 Å². The average molecular weight is 272 g/mol. The van der Waals surface area contributed by atoms with E-state index in [0.29, 0.717) is 17.2 Å². The fraction of sp³-hybridized carbons (Fsp3) is 0.250. The minimum atomic E-state index is -0.596. The molecule has 0 bridgehead atoms. The Morgan fingerprint density at radius 1 is 1.53 bits per heavy atom. The summed E-state index contributed by atoms with van der Waals surface area (Å²) in [5.74, 6) is 0.503. The van der Waals surface area contributed by atoms with Crippen molar-refractivity contribution in [3.8, 4) is 5.75 Å². The maximum Gasteiger partial charge on any atom is 0.251 e. The highest BCUT2D eigenvalue weighted by Gasteiger charge is 2.26. The Labute approximate surface area is 109 Å². The van der Waals surface area contributed by atoms with E-state index < -0.39 is 4.87 Å². The molecular weight excluding hydrogens is 261 g/mol. The van der Waals surface area contributed by atoms with Gasteiger partial charge in [0.05, 0.1) is 0 Å². The maximum atomic E-state index is 11.1. The number of aromatic amines is 1.